The van der Waals surface area contributed by atoms with Crippen molar-refractivity contribution in [1.82, 2.24) is 5.32 Å². The molecular weight excluding hydrogens is 354 g/mol. The van der Waals surface area contributed by atoms with Gasteiger partial charge in [-0.15, -0.1) is 0 Å². The zero-order valence-electron chi connectivity index (χ0n) is 11.3. The highest BCUT2D eigenvalue weighted by atomic mass is 79.9. The minimum atomic E-state index is -0.0205. The van der Waals surface area contributed by atoms with E-state index in [0.29, 0.717) is 24.6 Å². The molecule has 0 aliphatic carbocycles. The Balaban J connectivity index is 1.68. The Bertz CT molecular complexity index is 601. The summed E-state index contributed by atoms with van der Waals surface area (Å²) in [5.74, 6) is 0.716. The van der Waals surface area contributed by atoms with Crippen molar-refractivity contribution in [2.45, 2.75) is 6.42 Å². The van der Waals surface area contributed by atoms with Crippen molar-refractivity contribution in [3.8, 4) is 5.75 Å². The molecule has 0 atom stereocenters. The number of ether oxygens (including phenoxy) is 1. The lowest BCUT2D eigenvalue weighted by Gasteiger charge is -2.08. The largest absolute Gasteiger partial charge is 0.492 e. The summed E-state index contributed by atoms with van der Waals surface area (Å²) < 4.78 is 6.47. The van der Waals surface area contributed by atoms with E-state index in [1.54, 1.807) is 24.3 Å². The van der Waals surface area contributed by atoms with E-state index in [-0.39, 0.29) is 5.91 Å². The second-order valence-electron chi connectivity index (χ2n) is 4.46. The number of hydrogen-bond donors (Lipinski definition) is 1. The van der Waals surface area contributed by atoms with E-state index in [0.717, 1.165) is 15.8 Å². The van der Waals surface area contributed by atoms with Gasteiger partial charge in [-0.25, -0.2) is 0 Å². The van der Waals surface area contributed by atoms with Gasteiger partial charge in [-0.2, -0.15) is 0 Å². The van der Waals surface area contributed by atoms with Crippen LogP contribution in [0.2, 0.25) is 5.02 Å². The van der Waals surface area contributed by atoms with Crippen LogP contribution in [0.3, 0.4) is 0 Å². The standard InChI is InChI=1S/C16H15BrClNO2/c17-13-3-1-2-12(10-13)11-16(20)19-8-9-21-15-6-4-14(18)5-7-15/h1-7,10H,8-9,11H2,(H,19,20). The number of carbonyl (C=O) groups is 1. The Labute approximate surface area is 137 Å². The van der Waals surface area contributed by atoms with Gasteiger partial charge in [0.15, 0.2) is 0 Å². The van der Waals surface area contributed by atoms with Gasteiger partial charge in [0.1, 0.15) is 12.4 Å². The highest BCUT2D eigenvalue weighted by Crippen LogP contribution is 2.15. The van der Waals surface area contributed by atoms with E-state index < -0.39 is 0 Å². The monoisotopic (exact) mass is 367 g/mol. The molecule has 0 aromatic heterocycles. The third-order valence-corrected chi connectivity index (χ3v) is 3.51. The van der Waals surface area contributed by atoms with E-state index in [9.17, 15) is 4.79 Å². The van der Waals surface area contributed by atoms with E-state index in [4.69, 9.17) is 16.3 Å². The van der Waals surface area contributed by atoms with E-state index in [2.05, 4.69) is 21.2 Å². The highest BCUT2D eigenvalue weighted by Gasteiger charge is 2.03. The van der Waals surface area contributed by atoms with Crippen LogP contribution in [0.4, 0.5) is 0 Å². The third-order valence-electron chi connectivity index (χ3n) is 2.76. The van der Waals surface area contributed by atoms with Crippen molar-refractivity contribution in [2.24, 2.45) is 0 Å². The number of nitrogens with one attached hydrogen (secondary N) is 1. The van der Waals surface area contributed by atoms with Crippen molar-refractivity contribution >= 4 is 33.4 Å². The average Bonchev–Trinajstić information content (AvgIpc) is 2.45. The maximum atomic E-state index is 11.8. The SMILES string of the molecule is O=C(Cc1cccc(Br)c1)NCCOc1ccc(Cl)cc1. The molecule has 0 fully saturated rings. The molecule has 5 heteroatoms. The molecule has 0 saturated carbocycles. The Hall–Kier alpha value is -1.52. The molecule has 3 nitrogen and oxygen atoms in total. The number of halogens is 2. The molecule has 1 N–H and O–H groups in total. The van der Waals surface area contributed by atoms with E-state index in [1.165, 1.54) is 0 Å². The van der Waals surface area contributed by atoms with Crippen molar-refractivity contribution in [2.75, 3.05) is 13.2 Å². The molecule has 0 aliphatic rings. The van der Waals surface area contributed by atoms with Gasteiger partial charge < -0.3 is 10.1 Å². The number of carbonyl (C=O) groups excluding carboxylic acids is 1. The summed E-state index contributed by atoms with van der Waals surface area (Å²) in [6.07, 6.45) is 0.361. The van der Waals surface area contributed by atoms with Crippen LogP contribution in [-0.4, -0.2) is 19.1 Å². The minimum absolute atomic E-state index is 0.0205. The summed E-state index contributed by atoms with van der Waals surface area (Å²) in [7, 11) is 0. The van der Waals surface area contributed by atoms with Gasteiger partial charge in [-0.05, 0) is 42.0 Å². The van der Waals surface area contributed by atoms with Crippen LogP contribution in [0, 0.1) is 0 Å². The zero-order chi connectivity index (χ0) is 15.1. The Kier molecular flexibility index (Phi) is 6.08. The molecule has 0 saturated heterocycles. The third kappa shape index (κ3) is 5.78. The van der Waals surface area contributed by atoms with E-state index >= 15 is 0 Å². The fourth-order valence-corrected chi connectivity index (χ4v) is 2.36. The second kappa shape index (κ2) is 8.05. The predicted octanol–water partition coefficient (Wildman–Crippen LogP) is 3.84. The molecule has 1 amide bonds. The van der Waals surface area contributed by atoms with Gasteiger partial charge >= 0.3 is 0 Å². The molecule has 0 heterocycles. The fraction of sp³-hybridized carbons (Fsp3) is 0.188. The number of rotatable bonds is 6. The molecule has 0 bridgehead atoms. The maximum absolute atomic E-state index is 11.8. The summed E-state index contributed by atoms with van der Waals surface area (Å²) in [5.41, 5.74) is 0.973. The topological polar surface area (TPSA) is 38.3 Å². The van der Waals surface area contributed by atoms with Crippen molar-refractivity contribution in [3.63, 3.8) is 0 Å². The zero-order valence-corrected chi connectivity index (χ0v) is 13.7. The molecule has 0 spiro atoms. The van der Waals surface area contributed by atoms with Crippen molar-refractivity contribution in [1.29, 1.82) is 0 Å². The van der Waals surface area contributed by atoms with Gasteiger partial charge in [-0.3, -0.25) is 4.79 Å². The van der Waals surface area contributed by atoms with Crippen molar-refractivity contribution < 1.29 is 9.53 Å². The summed E-state index contributed by atoms with van der Waals surface area (Å²) in [6, 6.07) is 14.8. The molecule has 2 aromatic rings. The smallest absolute Gasteiger partial charge is 0.224 e. The highest BCUT2D eigenvalue weighted by molar-refractivity contribution is 9.10. The quantitative estimate of drug-likeness (QED) is 0.787. The summed E-state index contributed by atoms with van der Waals surface area (Å²) in [6.45, 7) is 0.890. The van der Waals surface area contributed by atoms with Crippen LogP contribution in [-0.2, 0) is 11.2 Å². The first-order chi connectivity index (χ1) is 10.1. The second-order valence-corrected chi connectivity index (χ2v) is 5.81. The first kappa shape index (κ1) is 15.9. The average molecular weight is 369 g/mol. The first-order valence-electron chi connectivity index (χ1n) is 6.53. The Morgan fingerprint density at radius 3 is 2.67 bits per heavy atom. The molecule has 0 radical (unpaired) electrons. The Morgan fingerprint density at radius 2 is 1.95 bits per heavy atom. The van der Waals surface area contributed by atoms with Crippen LogP contribution in [0.25, 0.3) is 0 Å². The number of benzene rings is 2. The van der Waals surface area contributed by atoms with Gasteiger partial charge in [0.25, 0.3) is 0 Å². The maximum Gasteiger partial charge on any atom is 0.224 e. The van der Waals surface area contributed by atoms with Crippen LogP contribution >= 0.6 is 27.5 Å². The molecule has 2 rings (SSSR count). The lowest BCUT2D eigenvalue weighted by molar-refractivity contribution is -0.120. The van der Waals surface area contributed by atoms with Crippen LogP contribution in [0.15, 0.2) is 53.0 Å². The summed E-state index contributed by atoms with van der Waals surface area (Å²) in [5, 5.41) is 3.50. The first-order valence-corrected chi connectivity index (χ1v) is 7.70. The van der Waals surface area contributed by atoms with Gasteiger partial charge in [0, 0.05) is 9.50 Å². The number of hydrogen-bond acceptors (Lipinski definition) is 2. The lowest BCUT2D eigenvalue weighted by atomic mass is 10.1. The van der Waals surface area contributed by atoms with Gasteiger partial charge in [0.05, 0.1) is 13.0 Å². The summed E-state index contributed by atoms with van der Waals surface area (Å²) >= 11 is 9.17. The Morgan fingerprint density at radius 1 is 1.19 bits per heavy atom. The van der Waals surface area contributed by atoms with Crippen LogP contribution in [0.5, 0.6) is 5.75 Å². The van der Waals surface area contributed by atoms with Crippen LogP contribution in [0.1, 0.15) is 5.56 Å². The van der Waals surface area contributed by atoms with Crippen molar-refractivity contribution in [3.05, 3.63) is 63.6 Å². The summed E-state index contributed by atoms with van der Waals surface area (Å²) in [4.78, 5) is 11.8. The predicted molar refractivity (Wildman–Crippen MR) is 87.8 cm³/mol. The molecular formula is C16H15BrClNO2. The molecule has 21 heavy (non-hydrogen) atoms. The minimum Gasteiger partial charge on any atom is -0.492 e. The number of amides is 1. The molecule has 0 aliphatic heterocycles. The molecule has 0 unspecified atom stereocenters. The molecule has 110 valence electrons. The van der Waals surface area contributed by atoms with E-state index in [1.807, 2.05) is 24.3 Å². The van der Waals surface area contributed by atoms with Gasteiger partial charge in [-0.1, -0.05) is 39.7 Å². The van der Waals surface area contributed by atoms with Gasteiger partial charge in [0.2, 0.25) is 5.91 Å². The molecule has 2 aromatic carbocycles. The lowest BCUT2D eigenvalue weighted by Crippen LogP contribution is -2.29. The normalized spacial score (nSPS) is 10.2. The van der Waals surface area contributed by atoms with Crippen LogP contribution < -0.4 is 10.1 Å². The fourth-order valence-electron chi connectivity index (χ4n) is 1.78.